The van der Waals surface area contributed by atoms with Crippen LogP contribution in [0.5, 0.6) is 0 Å². The molecule has 1 saturated heterocycles. The Kier molecular flexibility index (Phi) is 5.91. The molecule has 0 bridgehead atoms. The van der Waals surface area contributed by atoms with Crippen LogP contribution in [-0.4, -0.2) is 85.1 Å². The zero-order valence-electron chi connectivity index (χ0n) is 21.0. The summed E-state index contributed by atoms with van der Waals surface area (Å²) in [6, 6.07) is 3.67. The summed E-state index contributed by atoms with van der Waals surface area (Å²) < 4.78 is 1.79. The number of carbonyl (C=O) groups excluding carboxylic acids is 1. The summed E-state index contributed by atoms with van der Waals surface area (Å²) >= 11 is 7.64. The van der Waals surface area contributed by atoms with Crippen LogP contribution < -0.4 is 5.32 Å². The average molecular weight is 538 g/mol. The normalized spacial score (nSPS) is 18.6. The number of aryl methyl sites for hydroxylation is 2. The summed E-state index contributed by atoms with van der Waals surface area (Å²) in [4.78, 5) is 33.6. The number of pyridine rings is 1. The van der Waals surface area contributed by atoms with Crippen molar-refractivity contribution in [3.63, 3.8) is 0 Å². The molecule has 0 radical (unpaired) electrons. The first-order valence-corrected chi connectivity index (χ1v) is 13.5. The van der Waals surface area contributed by atoms with E-state index in [0.717, 1.165) is 59.0 Å². The predicted octanol–water partition coefficient (Wildman–Crippen LogP) is 3.66. The molecule has 2 aliphatic heterocycles. The van der Waals surface area contributed by atoms with Crippen LogP contribution in [0.3, 0.4) is 0 Å². The van der Waals surface area contributed by atoms with Gasteiger partial charge >= 0.3 is 0 Å². The number of likely N-dealkylation sites (N-methyl/N-ethyl adjacent to an activating group) is 1. The molecule has 3 aliphatic rings. The quantitative estimate of drug-likeness (QED) is 0.542. The highest BCUT2D eigenvalue weighted by Crippen LogP contribution is 2.45. The molecule has 10 nitrogen and oxygen atoms in total. The van der Waals surface area contributed by atoms with E-state index >= 15 is 0 Å². The summed E-state index contributed by atoms with van der Waals surface area (Å²) in [6.07, 6.45) is 7.34. The van der Waals surface area contributed by atoms with Crippen LogP contribution in [-0.2, 0) is 7.05 Å². The molecule has 0 atom stereocenters. The number of hydrogen-bond donors (Lipinski definition) is 1. The van der Waals surface area contributed by atoms with E-state index < -0.39 is 0 Å². The molecule has 6 rings (SSSR count). The van der Waals surface area contributed by atoms with Crippen molar-refractivity contribution in [3.05, 3.63) is 52.4 Å². The van der Waals surface area contributed by atoms with E-state index in [1.807, 2.05) is 49.6 Å². The van der Waals surface area contributed by atoms with Gasteiger partial charge in [-0.3, -0.25) is 9.48 Å². The van der Waals surface area contributed by atoms with Crippen molar-refractivity contribution >= 4 is 45.8 Å². The molecule has 12 heteroatoms. The van der Waals surface area contributed by atoms with Gasteiger partial charge in [0, 0.05) is 63.3 Å². The summed E-state index contributed by atoms with van der Waals surface area (Å²) in [7, 11) is 3.90. The smallest absolute Gasteiger partial charge is 0.256 e. The Morgan fingerprint density at radius 2 is 2.05 bits per heavy atom. The molecule has 192 valence electrons. The number of guanidine groups is 1. The number of carbonyl (C=O) groups is 1. The molecule has 0 unspecified atom stereocenters. The minimum absolute atomic E-state index is 0.0293. The second-order valence-electron chi connectivity index (χ2n) is 9.86. The van der Waals surface area contributed by atoms with Crippen molar-refractivity contribution in [2.75, 3.05) is 38.5 Å². The third-order valence-corrected chi connectivity index (χ3v) is 8.07. The van der Waals surface area contributed by atoms with Gasteiger partial charge in [0.2, 0.25) is 5.96 Å². The zero-order chi connectivity index (χ0) is 25.7. The number of anilines is 2. The molecule has 1 amide bonds. The van der Waals surface area contributed by atoms with Gasteiger partial charge in [0.05, 0.1) is 34.1 Å². The summed E-state index contributed by atoms with van der Waals surface area (Å²) in [5, 5.41) is 11.1. The summed E-state index contributed by atoms with van der Waals surface area (Å²) in [6.45, 7) is 4.80. The Morgan fingerprint density at radius 3 is 2.73 bits per heavy atom. The largest absolute Gasteiger partial charge is 0.340 e. The number of thiazole rings is 1. The number of halogens is 1. The van der Waals surface area contributed by atoms with Crippen molar-refractivity contribution in [2.24, 2.45) is 12.0 Å². The Hall–Kier alpha value is -3.44. The van der Waals surface area contributed by atoms with Gasteiger partial charge < -0.3 is 20.0 Å². The highest BCUT2D eigenvalue weighted by atomic mass is 35.5. The second kappa shape index (κ2) is 9.14. The lowest BCUT2D eigenvalue weighted by Crippen LogP contribution is -2.60. The minimum atomic E-state index is -0.137. The van der Waals surface area contributed by atoms with Crippen LogP contribution in [0, 0.1) is 6.92 Å². The van der Waals surface area contributed by atoms with Crippen LogP contribution in [0.4, 0.5) is 10.9 Å². The molecule has 1 saturated carbocycles. The molecular weight excluding hydrogens is 510 g/mol. The van der Waals surface area contributed by atoms with Gasteiger partial charge in [-0.1, -0.05) is 11.6 Å². The van der Waals surface area contributed by atoms with Gasteiger partial charge in [-0.2, -0.15) is 5.10 Å². The fourth-order valence-electron chi connectivity index (χ4n) is 5.09. The molecule has 5 heterocycles. The van der Waals surface area contributed by atoms with Gasteiger partial charge in [0.15, 0.2) is 5.13 Å². The lowest BCUT2D eigenvalue weighted by atomic mass is 10.1. The number of aliphatic imine (C=N–C) groups is 1. The average Bonchev–Trinajstić information content (AvgIpc) is 3.31. The Balaban J connectivity index is 1.12. The minimum Gasteiger partial charge on any atom is -0.340 e. The molecule has 3 aromatic heterocycles. The third kappa shape index (κ3) is 4.57. The van der Waals surface area contributed by atoms with Gasteiger partial charge in [0.1, 0.15) is 5.82 Å². The van der Waals surface area contributed by atoms with E-state index in [0.29, 0.717) is 24.5 Å². The molecule has 0 aromatic carbocycles. The topological polar surface area (TPSA) is 94.8 Å². The lowest BCUT2D eigenvalue weighted by molar-refractivity contribution is 0.0487. The fourth-order valence-corrected chi connectivity index (χ4v) is 6.04. The fraction of sp³-hybridized carbons (Fsp3) is 0.400. The first-order valence-electron chi connectivity index (χ1n) is 12.2. The van der Waals surface area contributed by atoms with Gasteiger partial charge in [-0.25, -0.2) is 15.0 Å². The highest BCUT2D eigenvalue weighted by molar-refractivity contribution is 7.14. The monoisotopic (exact) mass is 537 g/mol. The van der Waals surface area contributed by atoms with Crippen molar-refractivity contribution in [1.82, 2.24) is 34.4 Å². The van der Waals surface area contributed by atoms with Gasteiger partial charge in [0.25, 0.3) is 5.91 Å². The van der Waals surface area contributed by atoms with E-state index in [1.54, 1.807) is 17.1 Å². The Morgan fingerprint density at radius 1 is 1.22 bits per heavy atom. The summed E-state index contributed by atoms with van der Waals surface area (Å²) in [5.74, 6) is 1.60. The maximum atomic E-state index is 13.5. The molecule has 1 N–H and O–H groups in total. The van der Waals surface area contributed by atoms with E-state index in [2.05, 4.69) is 35.2 Å². The number of nitrogens with one attached hydrogen (secondary N) is 1. The first-order chi connectivity index (χ1) is 17.8. The number of rotatable bonds is 4. The maximum Gasteiger partial charge on any atom is 0.256 e. The molecule has 1 spiro atoms. The third-order valence-electron chi connectivity index (χ3n) is 7.10. The van der Waals surface area contributed by atoms with Crippen molar-refractivity contribution in [1.29, 1.82) is 0 Å². The van der Waals surface area contributed by atoms with Crippen molar-refractivity contribution < 1.29 is 4.79 Å². The van der Waals surface area contributed by atoms with Crippen molar-refractivity contribution in [2.45, 2.75) is 25.3 Å². The van der Waals surface area contributed by atoms with Crippen molar-refractivity contribution in [3.8, 4) is 11.3 Å². The van der Waals surface area contributed by atoms with Gasteiger partial charge in [-0.05, 0) is 31.9 Å². The molecule has 2 fully saturated rings. The molecule has 3 aromatic rings. The van der Waals surface area contributed by atoms with Crippen LogP contribution in [0.15, 0.2) is 46.1 Å². The standard InChI is InChI=1S/C25H28ClN9OS/c1-16-19(13-33(3)31-16)20-14-37-23(29-20)30-21-5-4-17(10-27-21)22(36)35-9-8-34(15-25(35)6-7-25)24-28-11-18(26)12-32(24)2/h4-5,10-11,13-14H,6-9,12,15H2,1-3H3,(H,27,29,30). The van der Waals surface area contributed by atoms with Crippen LogP contribution in [0.25, 0.3) is 11.3 Å². The highest BCUT2D eigenvalue weighted by Gasteiger charge is 2.54. The number of piperazine rings is 1. The van der Waals surface area contributed by atoms with E-state index in [-0.39, 0.29) is 11.4 Å². The second-order valence-corrected chi connectivity index (χ2v) is 11.2. The Bertz CT molecular complexity index is 1410. The molecule has 1 aliphatic carbocycles. The van der Waals surface area contributed by atoms with E-state index in [9.17, 15) is 4.79 Å². The van der Waals surface area contributed by atoms with Gasteiger partial charge in [-0.15, -0.1) is 11.3 Å². The number of amides is 1. The Labute approximate surface area is 224 Å². The van der Waals surface area contributed by atoms with E-state index in [4.69, 9.17) is 11.6 Å². The SMILES string of the molecule is Cc1nn(C)cc1-c1csc(Nc2ccc(C(=O)N3CCN(C4=NC=C(Cl)CN4C)CC34CC4)cn2)n1. The zero-order valence-corrected chi connectivity index (χ0v) is 22.6. The number of aromatic nitrogens is 4. The number of nitrogens with zero attached hydrogens (tertiary/aromatic N) is 8. The van der Waals surface area contributed by atoms with Crippen LogP contribution in [0.1, 0.15) is 28.9 Å². The van der Waals surface area contributed by atoms with Crippen LogP contribution in [0.2, 0.25) is 0 Å². The lowest BCUT2D eigenvalue weighted by Gasteiger charge is -2.45. The maximum absolute atomic E-state index is 13.5. The van der Waals surface area contributed by atoms with Crippen LogP contribution >= 0.6 is 22.9 Å². The molecule has 37 heavy (non-hydrogen) atoms. The molecular formula is C25H28ClN9OS. The first kappa shape index (κ1) is 23.9. The number of hydrogen-bond acceptors (Lipinski definition) is 9. The predicted molar refractivity (Wildman–Crippen MR) is 145 cm³/mol. The van der Waals surface area contributed by atoms with E-state index in [1.165, 1.54) is 11.3 Å². The summed E-state index contributed by atoms with van der Waals surface area (Å²) in [5.41, 5.74) is 3.29.